The van der Waals surface area contributed by atoms with Crippen LogP contribution in [0.4, 0.5) is 4.79 Å². The van der Waals surface area contributed by atoms with Gasteiger partial charge in [-0.15, -0.1) is 0 Å². The third-order valence-corrected chi connectivity index (χ3v) is 3.17. The van der Waals surface area contributed by atoms with E-state index in [2.05, 4.69) is 15.4 Å². The topological polar surface area (TPSA) is 81.5 Å². The standard InChI is InChI=1S/C13H23N5O3/c1-13(2)8-18(6-10(21-13)7-20-4)12(19)14-5-11-15-9-17(3)16-11/h9-10H,5-8H2,1-4H3,(H,14,19). The Morgan fingerprint density at radius 2 is 2.38 bits per heavy atom. The van der Waals surface area contributed by atoms with E-state index in [4.69, 9.17) is 9.47 Å². The Morgan fingerprint density at radius 1 is 1.62 bits per heavy atom. The highest BCUT2D eigenvalue weighted by molar-refractivity contribution is 5.74. The summed E-state index contributed by atoms with van der Waals surface area (Å²) >= 11 is 0. The second-order valence-corrected chi connectivity index (χ2v) is 5.83. The van der Waals surface area contributed by atoms with E-state index in [9.17, 15) is 4.79 Å². The molecule has 0 aliphatic carbocycles. The normalized spacial score (nSPS) is 21.3. The number of rotatable bonds is 4. The first-order valence-electron chi connectivity index (χ1n) is 6.93. The third-order valence-electron chi connectivity index (χ3n) is 3.17. The van der Waals surface area contributed by atoms with Gasteiger partial charge in [-0.2, -0.15) is 5.10 Å². The molecule has 0 spiro atoms. The number of morpholine rings is 1. The van der Waals surface area contributed by atoms with Gasteiger partial charge in [0.1, 0.15) is 6.33 Å². The predicted octanol–water partition coefficient (Wildman–Crippen LogP) is 0.151. The monoisotopic (exact) mass is 297 g/mol. The molecule has 1 atom stereocenters. The molecule has 2 heterocycles. The van der Waals surface area contributed by atoms with Crippen molar-refractivity contribution in [2.75, 3.05) is 26.8 Å². The molecule has 0 bridgehead atoms. The van der Waals surface area contributed by atoms with Crippen LogP contribution in [0.2, 0.25) is 0 Å². The van der Waals surface area contributed by atoms with Gasteiger partial charge in [0.25, 0.3) is 0 Å². The summed E-state index contributed by atoms with van der Waals surface area (Å²) in [5, 5.41) is 6.96. The summed E-state index contributed by atoms with van der Waals surface area (Å²) in [4.78, 5) is 18.1. The minimum absolute atomic E-state index is 0.113. The molecule has 0 saturated carbocycles. The van der Waals surface area contributed by atoms with Gasteiger partial charge in [-0.05, 0) is 13.8 Å². The van der Waals surface area contributed by atoms with Crippen LogP contribution in [0.5, 0.6) is 0 Å². The van der Waals surface area contributed by atoms with Gasteiger partial charge in [0.15, 0.2) is 5.82 Å². The lowest BCUT2D eigenvalue weighted by Crippen LogP contribution is -2.57. The molecule has 1 N–H and O–H groups in total. The Kier molecular flexibility index (Phi) is 4.79. The van der Waals surface area contributed by atoms with Crippen LogP contribution in [0.15, 0.2) is 6.33 Å². The molecular weight excluding hydrogens is 274 g/mol. The minimum atomic E-state index is -0.387. The van der Waals surface area contributed by atoms with Crippen molar-refractivity contribution in [3.8, 4) is 0 Å². The highest BCUT2D eigenvalue weighted by atomic mass is 16.5. The largest absolute Gasteiger partial charge is 0.382 e. The smallest absolute Gasteiger partial charge is 0.317 e. The number of hydrogen-bond donors (Lipinski definition) is 1. The van der Waals surface area contributed by atoms with Gasteiger partial charge in [0.2, 0.25) is 0 Å². The van der Waals surface area contributed by atoms with E-state index in [0.717, 1.165) is 0 Å². The predicted molar refractivity (Wildman–Crippen MR) is 75.6 cm³/mol. The van der Waals surface area contributed by atoms with Gasteiger partial charge in [0, 0.05) is 14.2 Å². The summed E-state index contributed by atoms with van der Waals surface area (Å²) in [6, 6.07) is -0.139. The van der Waals surface area contributed by atoms with E-state index in [1.165, 1.54) is 0 Å². The van der Waals surface area contributed by atoms with Crippen molar-refractivity contribution in [3.63, 3.8) is 0 Å². The number of nitrogens with one attached hydrogen (secondary N) is 1. The van der Waals surface area contributed by atoms with Crippen LogP contribution in [0.25, 0.3) is 0 Å². The lowest BCUT2D eigenvalue weighted by Gasteiger charge is -2.42. The van der Waals surface area contributed by atoms with Gasteiger partial charge in [-0.1, -0.05) is 0 Å². The zero-order valence-electron chi connectivity index (χ0n) is 13.0. The second kappa shape index (κ2) is 6.40. The van der Waals surface area contributed by atoms with Crippen molar-refractivity contribution in [1.29, 1.82) is 0 Å². The lowest BCUT2D eigenvalue weighted by atomic mass is 10.1. The molecule has 0 radical (unpaired) electrons. The van der Waals surface area contributed by atoms with Crippen LogP contribution in [-0.4, -0.2) is 64.2 Å². The number of carbonyl (C=O) groups excluding carboxylic acids is 1. The third kappa shape index (κ3) is 4.40. The average molecular weight is 297 g/mol. The van der Waals surface area contributed by atoms with Gasteiger partial charge in [-0.3, -0.25) is 4.68 Å². The fraction of sp³-hybridized carbons (Fsp3) is 0.769. The molecule has 8 heteroatoms. The van der Waals surface area contributed by atoms with Crippen molar-refractivity contribution >= 4 is 6.03 Å². The second-order valence-electron chi connectivity index (χ2n) is 5.83. The molecule has 1 aromatic rings. The number of ether oxygens (including phenoxy) is 2. The van der Waals surface area contributed by atoms with E-state index in [1.54, 1.807) is 30.1 Å². The summed E-state index contributed by atoms with van der Waals surface area (Å²) in [5.41, 5.74) is -0.387. The van der Waals surface area contributed by atoms with Gasteiger partial charge < -0.3 is 19.7 Å². The Balaban J connectivity index is 1.91. The Hall–Kier alpha value is -1.67. The Labute approximate surface area is 124 Å². The van der Waals surface area contributed by atoms with Crippen molar-refractivity contribution in [1.82, 2.24) is 25.0 Å². The van der Waals surface area contributed by atoms with E-state index in [0.29, 0.717) is 32.1 Å². The van der Waals surface area contributed by atoms with Crippen LogP contribution in [0, 0.1) is 0 Å². The number of aryl methyl sites for hydroxylation is 1. The molecule has 1 unspecified atom stereocenters. The number of urea groups is 1. The number of methoxy groups -OCH3 is 1. The quantitative estimate of drug-likeness (QED) is 0.855. The first-order valence-corrected chi connectivity index (χ1v) is 6.93. The Bertz CT molecular complexity index is 488. The zero-order chi connectivity index (χ0) is 15.5. The molecule has 1 saturated heterocycles. The molecule has 1 aromatic heterocycles. The van der Waals surface area contributed by atoms with Crippen LogP contribution >= 0.6 is 0 Å². The zero-order valence-corrected chi connectivity index (χ0v) is 13.0. The Morgan fingerprint density at radius 3 is 3.00 bits per heavy atom. The van der Waals surface area contributed by atoms with Crippen LogP contribution in [-0.2, 0) is 23.1 Å². The number of nitrogens with zero attached hydrogens (tertiary/aromatic N) is 4. The average Bonchev–Trinajstić information content (AvgIpc) is 2.80. The fourth-order valence-electron chi connectivity index (χ4n) is 2.45. The SMILES string of the molecule is COCC1CN(C(=O)NCc2ncn(C)n2)CC(C)(C)O1. The van der Waals surface area contributed by atoms with E-state index >= 15 is 0 Å². The highest BCUT2D eigenvalue weighted by Crippen LogP contribution is 2.21. The molecule has 0 aromatic carbocycles. The molecule has 2 amide bonds. The van der Waals surface area contributed by atoms with Gasteiger partial charge in [0.05, 0.1) is 37.9 Å². The summed E-state index contributed by atoms with van der Waals surface area (Å²) in [7, 11) is 3.42. The summed E-state index contributed by atoms with van der Waals surface area (Å²) < 4.78 is 12.6. The number of carbonyl (C=O) groups is 1. The first-order chi connectivity index (χ1) is 9.89. The first kappa shape index (κ1) is 15.7. The number of amides is 2. The van der Waals surface area contributed by atoms with E-state index in [-0.39, 0.29) is 17.7 Å². The molecule has 2 rings (SSSR count). The number of hydrogen-bond acceptors (Lipinski definition) is 5. The van der Waals surface area contributed by atoms with Crippen molar-refractivity contribution in [3.05, 3.63) is 12.2 Å². The van der Waals surface area contributed by atoms with Crippen molar-refractivity contribution in [2.24, 2.45) is 7.05 Å². The maximum atomic E-state index is 12.3. The van der Waals surface area contributed by atoms with Crippen molar-refractivity contribution < 1.29 is 14.3 Å². The van der Waals surface area contributed by atoms with Gasteiger partial charge >= 0.3 is 6.03 Å². The van der Waals surface area contributed by atoms with E-state index < -0.39 is 0 Å². The van der Waals surface area contributed by atoms with Gasteiger partial charge in [-0.25, -0.2) is 9.78 Å². The minimum Gasteiger partial charge on any atom is -0.382 e. The van der Waals surface area contributed by atoms with Crippen molar-refractivity contribution in [2.45, 2.75) is 32.1 Å². The molecule has 8 nitrogen and oxygen atoms in total. The lowest BCUT2D eigenvalue weighted by molar-refractivity contribution is -0.142. The van der Waals surface area contributed by atoms with E-state index in [1.807, 2.05) is 13.8 Å². The molecule has 1 aliphatic rings. The fourth-order valence-corrected chi connectivity index (χ4v) is 2.45. The highest BCUT2D eigenvalue weighted by Gasteiger charge is 2.35. The summed E-state index contributed by atoms with van der Waals surface area (Å²) in [6.45, 7) is 5.76. The van der Waals surface area contributed by atoms with Crippen LogP contribution in [0.1, 0.15) is 19.7 Å². The molecule has 21 heavy (non-hydrogen) atoms. The number of aromatic nitrogens is 3. The molecule has 1 fully saturated rings. The van der Waals surface area contributed by atoms with Crippen LogP contribution in [0.3, 0.4) is 0 Å². The maximum Gasteiger partial charge on any atom is 0.317 e. The maximum absolute atomic E-state index is 12.3. The summed E-state index contributed by atoms with van der Waals surface area (Å²) in [5.74, 6) is 0.590. The summed E-state index contributed by atoms with van der Waals surface area (Å²) in [6.07, 6.45) is 1.49. The molecular formula is C13H23N5O3. The molecule has 118 valence electrons. The van der Waals surface area contributed by atoms with Crippen LogP contribution < -0.4 is 5.32 Å². The molecule has 1 aliphatic heterocycles.